The van der Waals surface area contributed by atoms with Gasteiger partial charge in [-0.3, -0.25) is 4.98 Å². The second-order valence-electron chi connectivity index (χ2n) is 8.30. The highest BCUT2D eigenvalue weighted by atomic mass is 19.4. The Hall–Kier alpha value is -3.38. The van der Waals surface area contributed by atoms with Gasteiger partial charge in [0.2, 0.25) is 0 Å². The summed E-state index contributed by atoms with van der Waals surface area (Å²) in [6, 6.07) is 18.4. The zero-order chi connectivity index (χ0) is 23.6. The van der Waals surface area contributed by atoms with E-state index < -0.39 is 11.7 Å². The Bertz CT molecular complexity index is 1250. The van der Waals surface area contributed by atoms with E-state index in [1.54, 1.807) is 18.3 Å². The van der Waals surface area contributed by atoms with E-state index in [-0.39, 0.29) is 12.4 Å². The minimum absolute atomic E-state index is 0.0709. The molecule has 3 aromatic carbocycles. The van der Waals surface area contributed by atoms with Crippen molar-refractivity contribution >= 4 is 10.9 Å². The Balaban J connectivity index is 1.62. The van der Waals surface area contributed by atoms with Crippen LogP contribution in [0.25, 0.3) is 22.0 Å². The van der Waals surface area contributed by atoms with Crippen molar-refractivity contribution in [2.24, 2.45) is 0 Å². The molecule has 0 amide bonds. The van der Waals surface area contributed by atoms with E-state index >= 15 is 0 Å². The third-order valence-electron chi connectivity index (χ3n) is 5.65. The van der Waals surface area contributed by atoms with Crippen LogP contribution in [0.3, 0.4) is 0 Å². The van der Waals surface area contributed by atoms with Gasteiger partial charge < -0.3 is 9.84 Å². The lowest BCUT2D eigenvalue weighted by Crippen LogP contribution is -2.04. The summed E-state index contributed by atoms with van der Waals surface area (Å²) in [4.78, 5) is 4.29. The van der Waals surface area contributed by atoms with Gasteiger partial charge in [-0.25, -0.2) is 0 Å². The highest BCUT2D eigenvalue weighted by Crippen LogP contribution is 2.38. The van der Waals surface area contributed by atoms with Gasteiger partial charge in [-0.1, -0.05) is 56.3 Å². The van der Waals surface area contributed by atoms with Crippen LogP contribution in [0.15, 0.2) is 72.9 Å². The first-order valence-corrected chi connectivity index (χ1v) is 10.7. The highest BCUT2D eigenvalue weighted by molar-refractivity contribution is 5.94. The number of aromatic nitrogens is 1. The molecular formula is C27H24F3NO2. The molecule has 0 atom stereocenters. The highest BCUT2D eigenvalue weighted by Gasteiger charge is 2.30. The number of phenols is 1. The van der Waals surface area contributed by atoms with Crippen molar-refractivity contribution in [1.29, 1.82) is 0 Å². The van der Waals surface area contributed by atoms with Gasteiger partial charge in [0.25, 0.3) is 0 Å². The van der Waals surface area contributed by atoms with Crippen LogP contribution in [0.5, 0.6) is 5.75 Å². The number of hydrogen-bond acceptors (Lipinski definition) is 3. The molecule has 1 aromatic heterocycles. The third-order valence-corrected chi connectivity index (χ3v) is 5.65. The Morgan fingerprint density at radius 2 is 1.64 bits per heavy atom. The van der Waals surface area contributed by atoms with Crippen LogP contribution < -0.4 is 0 Å². The maximum Gasteiger partial charge on any atom is 0.416 e. The van der Waals surface area contributed by atoms with Crippen molar-refractivity contribution in [2.45, 2.75) is 39.2 Å². The van der Waals surface area contributed by atoms with Crippen LogP contribution >= 0.6 is 0 Å². The quantitative estimate of drug-likeness (QED) is 0.331. The number of alkyl halides is 3. The van der Waals surface area contributed by atoms with Gasteiger partial charge in [0.1, 0.15) is 11.3 Å². The van der Waals surface area contributed by atoms with Crippen LogP contribution in [0, 0.1) is 0 Å². The minimum atomic E-state index is -4.42. The molecule has 1 heterocycles. The third kappa shape index (κ3) is 5.01. The SMILES string of the molecule is CC(C)c1ccc(COCc2cc(-c3ccc(C(F)(F)F)cc3)c(O)c3ncccc23)cc1. The van der Waals surface area contributed by atoms with Crippen LogP contribution in [0.1, 0.15) is 42.0 Å². The van der Waals surface area contributed by atoms with E-state index in [1.165, 1.54) is 17.7 Å². The summed E-state index contributed by atoms with van der Waals surface area (Å²) in [5, 5.41) is 11.5. The van der Waals surface area contributed by atoms with Gasteiger partial charge in [-0.15, -0.1) is 0 Å². The van der Waals surface area contributed by atoms with Crippen LogP contribution in [0.2, 0.25) is 0 Å². The molecule has 0 aliphatic carbocycles. The van der Waals surface area contributed by atoms with E-state index in [1.807, 2.05) is 18.2 Å². The predicted octanol–water partition coefficient (Wildman–Crippen LogP) is 7.47. The van der Waals surface area contributed by atoms with Crippen LogP contribution in [-0.4, -0.2) is 10.1 Å². The zero-order valence-corrected chi connectivity index (χ0v) is 18.4. The van der Waals surface area contributed by atoms with Crippen molar-refractivity contribution in [3.05, 3.63) is 95.2 Å². The van der Waals surface area contributed by atoms with Crippen molar-refractivity contribution in [2.75, 3.05) is 0 Å². The number of phenolic OH excluding ortho intramolecular Hbond substituents is 1. The number of ether oxygens (including phenoxy) is 1. The Morgan fingerprint density at radius 3 is 2.27 bits per heavy atom. The number of pyridine rings is 1. The average Bonchev–Trinajstić information content (AvgIpc) is 2.80. The van der Waals surface area contributed by atoms with Crippen LogP contribution in [-0.2, 0) is 24.1 Å². The zero-order valence-electron chi connectivity index (χ0n) is 18.4. The Kier molecular flexibility index (Phi) is 6.38. The fourth-order valence-electron chi connectivity index (χ4n) is 3.76. The first kappa shape index (κ1) is 22.8. The summed E-state index contributed by atoms with van der Waals surface area (Å²) >= 11 is 0. The molecule has 0 bridgehead atoms. The number of rotatable bonds is 6. The van der Waals surface area contributed by atoms with Gasteiger partial charge in [0.15, 0.2) is 0 Å². The lowest BCUT2D eigenvalue weighted by Gasteiger charge is -2.14. The van der Waals surface area contributed by atoms with Gasteiger partial charge in [0, 0.05) is 17.1 Å². The van der Waals surface area contributed by atoms with E-state index in [9.17, 15) is 18.3 Å². The summed E-state index contributed by atoms with van der Waals surface area (Å²) in [5.74, 6) is 0.387. The van der Waals surface area contributed by atoms with Gasteiger partial charge in [0.05, 0.1) is 18.8 Å². The van der Waals surface area contributed by atoms with E-state index in [2.05, 4.69) is 31.0 Å². The largest absolute Gasteiger partial charge is 0.505 e. The van der Waals surface area contributed by atoms with Gasteiger partial charge in [-0.05, 0) is 52.4 Å². The summed E-state index contributed by atoms with van der Waals surface area (Å²) in [7, 11) is 0. The number of nitrogens with zero attached hydrogens (tertiary/aromatic N) is 1. The maximum absolute atomic E-state index is 12.9. The number of halogens is 3. The molecule has 0 unspecified atom stereocenters. The van der Waals surface area contributed by atoms with Crippen molar-refractivity contribution in [1.82, 2.24) is 4.98 Å². The lowest BCUT2D eigenvalue weighted by atomic mass is 9.97. The summed E-state index contributed by atoms with van der Waals surface area (Å²) in [6.07, 6.45) is -2.85. The Labute approximate surface area is 190 Å². The molecule has 0 saturated carbocycles. The van der Waals surface area contributed by atoms with Crippen molar-refractivity contribution in [3.8, 4) is 16.9 Å². The molecule has 0 fully saturated rings. The van der Waals surface area contributed by atoms with E-state index in [4.69, 9.17) is 4.74 Å². The molecule has 6 heteroatoms. The maximum atomic E-state index is 12.9. The number of aromatic hydroxyl groups is 1. The molecule has 0 radical (unpaired) electrons. The summed E-state index contributed by atoms with van der Waals surface area (Å²) in [6.45, 7) is 4.96. The second-order valence-corrected chi connectivity index (χ2v) is 8.30. The number of fused-ring (bicyclic) bond motifs is 1. The standard InChI is InChI=1S/C27H24F3NO2/c1-17(2)19-7-5-18(6-8-19)15-33-16-21-14-24(26(32)25-23(21)4-3-13-31-25)20-9-11-22(12-10-20)27(28,29)30/h3-14,17,32H,15-16H2,1-2H3. The second kappa shape index (κ2) is 9.24. The van der Waals surface area contributed by atoms with Crippen molar-refractivity contribution < 1.29 is 23.0 Å². The minimum Gasteiger partial charge on any atom is -0.505 e. The monoisotopic (exact) mass is 451 g/mol. The number of benzene rings is 3. The molecule has 170 valence electrons. The van der Waals surface area contributed by atoms with E-state index in [0.717, 1.165) is 28.6 Å². The number of hydrogen-bond donors (Lipinski definition) is 1. The fourth-order valence-corrected chi connectivity index (χ4v) is 3.76. The predicted molar refractivity (Wildman–Crippen MR) is 123 cm³/mol. The van der Waals surface area contributed by atoms with Gasteiger partial charge >= 0.3 is 6.18 Å². The molecule has 3 nitrogen and oxygen atoms in total. The summed E-state index contributed by atoms with van der Waals surface area (Å²) < 4.78 is 44.8. The molecule has 4 rings (SSSR count). The fraction of sp³-hybridized carbons (Fsp3) is 0.222. The van der Waals surface area contributed by atoms with E-state index in [0.29, 0.717) is 29.2 Å². The molecule has 0 aliphatic heterocycles. The Morgan fingerprint density at radius 1 is 0.939 bits per heavy atom. The molecule has 0 aliphatic rings. The summed E-state index contributed by atoms with van der Waals surface area (Å²) in [5.41, 5.74) is 3.63. The molecule has 0 saturated heterocycles. The lowest BCUT2D eigenvalue weighted by molar-refractivity contribution is -0.137. The molecule has 1 N–H and O–H groups in total. The molecule has 33 heavy (non-hydrogen) atoms. The molecule has 4 aromatic rings. The first-order valence-electron chi connectivity index (χ1n) is 10.7. The first-order chi connectivity index (χ1) is 15.7. The molecule has 0 spiro atoms. The molecular weight excluding hydrogens is 427 g/mol. The smallest absolute Gasteiger partial charge is 0.416 e. The van der Waals surface area contributed by atoms with Gasteiger partial charge in [-0.2, -0.15) is 13.2 Å². The average molecular weight is 451 g/mol. The van der Waals surface area contributed by atoms with Crippen LogP contribution in [0.4, 0.5) is 13.2 Å². The topological polar surface area (TPSA) is 42.4 Å². The van der Waals surface area contributed by atoms with Crippen molar-refractivity contribution in [3.63, 3.8) is 0 Å². The normalized spacial score (nSPS) is 11.9.